The normalized spacial score (nSPS) is 12.1. The van der Waals surface area contributed by atoms with Crippen molar-refractivity contribution in [2.24, 2.45) is 0 Å². The third-order valence-corrected chi connectivity index (χ3v) is 13.4. The van der Waals surface area contributed by atoms with Crippen molar-refractivity contribution >= 4 is 124 Å². The Bertz CT molecular complexity index is 3460. The molecule has 0 saturated carbocycles. The predicted molar refractivity (Wildman–Crippen MR) is 235 cm³/mol. The molecule has 9 aromatic carbocycles. The second kappa shape index (κ2) is 11.5. The van der Waals surface area contributed by atoms with Gasteiger partial charge in [-0.05, 0) is 70.3 Å². The molecule has 3 heterocycles. The van der Waals surface area contributed by atoms with Crippen LogP contribution in [0.1, 0.15) is 0 Å². The van der Waals surface area contributed by atoms with Gasteiger partial charge >= 0.3 is 0 Å². The highest BCUT2D eigenvalue weighted by molar-refractivity contribution is 7.27. The van der Waals surface area contributed by atoms with Crippen LogP contribution in [-0.2, 0) is 0 Å². The van der Waals surface area contributed by atoms with Crippen molar-refractivity contribution in [3.05, 3.63) is 176 Å². The van der Waals surface area contributed by atoms with Gasteiger partial charge in [-0.25, -0.2) is 0 Å². The van der Waals surface area contributed by atoms with Gasteiger partial charge < -0.3 is 9.32 Å². The van der Waals surface area contributed by atoms with Crippen LogP contribution in [0.5, 0.6) is 0 Å². The van der Waals surface area contributed by atoms with Crippen molar-refractivity contribution < 1.29 is 4.42 Å². The van der Waals surface area contributed by atoms with E-state index in [2.05, 4.69) is 181 Å². The molecule has 0 aliphatic heterocycles. The number of thiophene rings is 2. The molecular weight excluding hydrogens is 695 g/mol. The molecule has 0 bridgehead atoms. The lowest BCUT2D eigenvalue weighted by Gasteiger charge is -2.28. The zero-order chi connectivity index (χ0) is 35.3. The summed E-state index contributed by atoms with van der Waals surface area (Å²) in [6, 6.07) is 64.1. The van der Waals surface area contributed by atoms with Crippen molar-refractivity contribution in [2.75, 3.05) is 4.90 Å². The van der Waals surface area contributed by atoms with Crippen LogP contribution >= 0.6 is 22.7 Å². The minimum absolute atomic E-state index is 0.931. The van der Waals surface area contributed by atoms with Gasteiger partial charge in [0.05, 0.1) is 5.69 Å². The number of para-hydroxylation sites is 1. The fourth-order valence-electron chi connectivity index (χ4n) is 8.58. The van der Waals surface area contributed by atoms with E-state index in [1.54, 1.807) is 0 Å². The highest BCUT2D eigenvalue weighted by Crippen LogP contribution is 2.48. The minimum atomic E-state index is 0.931. The number of anilines is 3. The van der Waals surface area contributed by atoms with Gasteiger partial charge in [0.25, 0.3) is 0 Å². The number of rotatable bonds is 4. The van der Waals surface area contributed by atoms with E-state index in [-0.39, 0.29) is 0 Å². The smallest absolute Gasteiger partial charge is 0.143 e. The first-order chi connectivity index (χ1) is 26.8. The molecule has 0 atom stereocenters. The number of fused-ring (bicyclic) bond motifs is 14. The number of hydrogen-bond acceptors (Lipinski definition) is 4. The number of nitrogens with zero attached hydrogens (tertiary/aromatic N) is 1. The minimum Gasteiger partial charge on any atom is -0.455 e. The maximum absolute atomic E-state index is 6.60. The molecule has 12 rings (SSSR count). The molecule has 12 aromatic rings. The Morgan fingerprint density at radius 1 is 0.407 bits per heavy atom. The monoisotopic (exact) mass is 723 g/mol. The van der Waals surface area contributed by atoms with Gasteiger partial charge in [-0.1, -0.05) is 127 Å². The summed E-state index contributed by atoms with van der Waals surface area (Å²) in [4.78, 5) is 2.45. The molecule has 0 amide bonds. The van der Waals surface area contributed by atoms with Crippen LogP contribution in [0, 0.1) is 0 Å². The molecule has 3 aromatic heterocycles. The van der Waals surface area contributed by atoms with Crippen molar-refractivity contribution in [2.45, 2.75) is 0 Å². The summed E-state index contributed by atoms with van der Waals surface area (Å²) in [5, 5.41) is 12.4. The van der Waals surface area contributed by atoms with Gasteiger partial charge in [-0.15, -0.1) is 22.7 Å². The van der Waals surface area contributed by atoms with Gasteiger partial charge in [-0.3, -0.25) is 0 Å². The van der Waals surface area contributed by atoms with Crippen LogP contribution in [0.15, 0.2) is 180 Å². The van der Waals surface area contributed by atoms with E-state index in [0.717, 1.165) is 33.6 Å². The Hall–Kier alpha value is -6.46. The molecule has 0 aliphatic rings. The van der Waals surface area contributed by atoms with Crippen LogP contribution in [0.3, 0.4) is 0 Å². The molecular formula is C50H29NOS2. The quantitative estimate of drug-likeness (QED) is 0.180. The Kier molecular flexibility index (Phi) is 6.41. The molecule has 2 nitrogen and oxygen atoms in total. The number of hydrogen-bond donors (Lipinski definition) is 0. The third kappa shape index (κ3) is 4.38. The molecule has 4 heteroatoms. The first kappa shape index (κ1) is 30.0. The highest BCUT2D eigenvalue weighted by Gasteiger charge is 2.21. The van der Waals surface area contributed by atoms with Gasteiger partial charge in [-0.2, -0.15) is 0 Å². The Morgan fingerprint density at radius 3 is 1.89 bits per heavy atom. The van der Waals surface area contributed by atoms with Crippen molar-refractivity contribution in [3.63, 3.8) is 0 Å². The fraction of sp³-hybridized carbons (Fsp3) is 0. The third-order valence-electron chi connectivity index (χ3n) is 11.0. The lowest BCUT2D eigenvalue weighted by atomic mass is 10.0. The van der Waals surface area contributed by atoms with Crippen LogP contribution in [-0.4, -0.2) is 0 Å². The topological polar surface area (TPSA) is 16.4 Å². The second-order valence-corrected chi connectivity index (χ2v) is 16.2. The van der Waals surface area contributed by atoms with E-state index in [0.29, 0.717) is 0 Å². The van der Waals surface area contributed by atoms with E-state index < -0.39 is 0 Å². The van der Waals surface area contributed by atoms with E-state index in [9.17, 15) is 0 Å². The summed E-state index contributed by atoms with van der Waals surface area (Å²) in [6.45, 7) is 0. The lowest BCUT2D eigenvalue weighted by Crippen LogP contribution is -2.11. The number of benzene rings is 9. The van der Waals surface area contributed by atoms with Gasteiger partial charge in [0.1, 0.15) is 11.2 Å². The first-order valence-electron chi connectivity index (χ1n) is 18.2. The van der Waals surface area contributed by atoms with Crippen molar-refractivity contribution in [1.29, 1.82) is 0 Å². The van der Waals surface area contributed by atoms with Crippen LogP contribution in [0.2, 0.25) is 0 Å². The average molecular weight is 724 g/mol. The fourth-order valence-corrected chi connectivity index (χ4v) is 11.0. The summed E-state index contributed by atoms with van der Waals surface area (Å²) in [5.41, 5.74) is 7.68. The van der Waals surface area contributed by atoms with E-state index in [1.807, 2.05) is 22.7 Å². The van der Waals surface area contributed by atoms with E-state index in [4.69, 9.17) is 4.42 Å². The van der Waals surface area contributed by atoms with E-state index in [1.165, 1.54) is 78.4 Å². The SMILES string of the molecule is c1ccc(-c2ccccc2N(c2ccc3c(c2)sc2c4ccccc4ccc32)c2ccc3c(c2)sc2ccc4oc5c6ccccc6ccc5c4c23)cc1. The van der Waals surface area contributed by atoms with Crippen LogP contribution in [0.4, 0.5) is 17.1 Å². The molecule has 0 spiro atoms. The zero-order valence-corrected chi connectivity index (χ0v) is 30.5. The standard InChI is InChI=1S/C50H29NOS2/c1-2-10-30(11-3-1)35-14-8-9-17-42(35)51(33-20-24-38-39-22-18-32-13-5-7-16-37(32)50(39)54-45(38)28-33)34-21-25-40-46(29-34)53-44-27-26-43-47(48(40)44)41-23-19-31-12-4-6-15-36(31)49(41)52-43/h1-29H. The van der Waals surface area contributed by atoms with Gasteiger partial charge in [0.2, 0.25) is 0 Å². The molecule has 0 radical (unpaired) electrons. The lowest BCUT2D eigenvalue weighted by molar-refractivity contribution is 0.673. The summed E-state index contributed by atoms with van der Waals surface area (Å²) < 4.78 is 11.7. The predicted octanol–water partition coefficient (Wildman–Crippen LogP) is 15.8. The first-order valence-corrected chi connectivity index (χ1v) is 19.9. The molecule has 0 aliphatic carbocycles. The molecule has 0 unspecified atom stereocenters. The van der Waals surface area contributed by atoms with Crippen molar-refractivity contribution in [3.8, 4) is 11.1 Å². The Balaban J connectivity index is 1.10. The Morgan fingerprint density at radius 2 is 1.06 bits per heavy atom. The Labute approximate surface area is 318 Å². The molecule has 54 heavy (non-hydrogen) atoms. The summed E-state index contributed by atoms with van der Waals surface area (Å²) in [5.74, 6) is 0. The summed E-state index contributed by atoms with van der Waals surface area (Å²) in [7, 11) is 0. The molecule has 0 saturated heterocycles. The zero-order valence-electron chi connectivity index (χ0n) is 28.9. The maximum Gasteiger partial charge on any atom is 0.143 e. The average Bonchev–Trinajstić information content (AvgIpc) is 3.92. The van der Waals surface area contributed by atoms with Crippen LogP contribution in [0.25, 0.3) is 95.0 Å². The largest absolute Gasteiger partial charge is 0.455 e. The second-order valence-electron chi connectivity index (χ2n) is 14.0. The summed E-state index contributed by atoms with van der Waals surface area (Å²) in [6.07, 6.45) is 0. The van der Waals surface area contributed by atoms with Gasteiger partial charge in [0.15, 0.2) is 0 Å². The molecule has 252 valence electrons. The van der Waals surface area contributed by atoms with Gasteiger partial charge in [0, 0.05) is 73.4 Å². The maximum atomic E-state index is 6.60. The highest BCUT2D eigenvalue weighted by atomic mass is 32.1. The molecule has 0 N–H and O–H groups in total. The van der Waals surface area contributed by atoms with E-state index >= 15 is 0 Å². The van der Waals surface area contributed by atoms with Crippen LogP contribution < -0.4 is 4.90 Å². The molecule has 0 fully saturated rings. The van der Waals surface area contributed by atoms with Crippen molar-refractivity contribution in [1.82, 2.24) is 0 Å². The summed E-state index contributed by atoms with van der Waals surface area (Å²) >= 11 is 3.74. The number of furan rings is 1.